The molecule has 0 aliphatic rings. The zero-order valence-corrected chi connectivity index (χ0v) is 12.5. The molecule has 0 radical (unpaired) electrons. The van der Waals surface area contributed by atoms with Gasteiger partial charge in [-0.05, 0) is 25.0 Å². The maximum atomic E-state index is 5.94. The predicted octanol–water partition coefficient (Wildman–Crippen LogP) is 2.86. The van der Waals surface area contributed by atoms with Gasteiger partial charge in [0.1, 0.15) is 0 Å². The molecule has 0 aromatic carbocycles. The SMILES string of the molecule is CCC(CC)n1ccc(CN(C)c2ccncc2N)n1. The largest absolute Gasteiger partial charge is 0.396 e. The van der Waals surface area contributed by atoms with Crippen molar-refractivity contribution in [2.75, 3.05) is 17.7 Å². The minimum atomic E-state index is 0.486. The normalized spacial score (nSPS) is 11.0. The van der Waals surface area contributed by atoms with Crippen LogP contribution in [0.15, 0.2) is 30.7 Å². The van der Waals surface area contributed by atoms with E-state index in [1.165, 1.54) is 0 Å². The number of hydrogen-bond donors (Lipinski definition) is 1. The summed E-state index contributed by atoms with van der Waals surface area (Å²) in [7, 11) is 2.02. The Labute approximate surface area is 120 Å². The minimum Gasteiger partial charge on any atom is -0.396 e. The third-order valence-corrected chi connectivity index (χ3v) is 3.62. The molecule has 0 saturated heterocycles. The van der Waals surface area contributed by atoms with Crippen molar-refractivity contribution in [3.8, 4) is 0 Å². The second kappa shape index (κ2) is 6.41. The van der Waals surface area contributed by atoms with Gasteiger partial charge in [0.05, 0.1) is 35.9 Å². The highest BCUT2D eigenvalue weighted by Crippen LogP contribution is 2.22. The number of nitrogens with two attached hydrogens (primary N) is 1. The summed E-state index contributed by atoms with van der Waals surface area (Å²) in [6.45, 7) is 5.12. The van der Waals surface area contributed by atoms with Crippen molar-refractivity contribution in [1.29, 1.82) is 0 Å². The number of rotatable bonds is 6. The van der Waals surface area contributed by atoms with Crippen molar-refractivity contribution in [2.45, 2.75) is 39.3 Å². The van der Waals surface area contributed by atoms with Crippen LogP contribution in [0.3, 0.4) is 0 Å². The molecule has 2 aromatic rings. The smallest absolute Gasteiger partial charge is 0.0817 e. The topological polar surface area (TPSA) is 60.0 Å². The number of hydrogen-bond acceptors (Lipinski definition) is 4. The van der Waals surface area contributed by atoms with Crippen molar-refractivity contribution in [2.24, 2.45) is 0 Å². The summed E-state index contributed by atoms with van der Waals surface area (Å²) in [6.07, 6.45) is 7.70. The fourth-order valence-corrected chi connectivity index (χ4v) is 2.40. The predicted molar refractivity (Wildman–Crippen MR) is 82.6 cm³/mol. The van der Waals surface area contributed by atoms with E-state index in [2.05, 4.69) is 45.8 Å². The van der Waals surface area contributed by atoms with E-state index >= 15 is 0 Å². The first kappa shape index (κ1) is 14.4. The number of anilines is 2. The number of nitrogen functional groups attached to an aromatic ring is 1. The van der Waals surface area contributed by atoms with Crippen molar-refractivity contribution >= 4 is 11.4 Å². The average Bonchev–Trinajstić information content (AvgIpc) is 2.89. The first-order chi connectivity index (χ1) is 9.65. The van der Waals surface area contributed by atoms with Crippen molar-refractivity contribution < 1.29 is 0 Å². The summed E-state index contributed by atoms with van der Waals surface area (Å²) in [5.74, 6) is 0. The van der Waals surface area contributed by atoms with E-state index in [0.29, 0.717) is 11.7 Å². The van der Waals surface area contributed by atoms with Gasteiger partial charge in [0.2, 0.25) is 0 Å². The molecule has 5 nitrogen and oxygen atoms in total. The quantitative estimate of drug-likeness (QED) is 0.879. The minimum absolute atomic E-state index is 0.486. The fraction of sp³-hybridized carbons (Fsp3) is 0.467. The van der Waals surface area contributed by atoms with Gasteiger partial charge >= 0.3 is 0 Å². The van der Waals surface area contributed by atoms with Crippen molar-refractivity contribution in [3.05, 3.63) is 36.4 Å². The van der Waals surface area contributed by atoms with Crippen LogP contribution in [0.1, 0.15) is 38.4 Å². The monoisotopic (exact) mass is 273 g/mol. The fourth-order valence-electron chi connectivity index (χ4n) is 2.40. The second-order valence-corrected chi connectivity index (χ2v) is 5.05. The summed E-state index contributed by atoms with van der Waals surface area (Å²) < 4.78 is 2.07. The summed E-state index contributed by atoms with van der Waals surface area (Å²) >= 11 is 0. The van der Waals surface area contributed by atoms with Crippen LogP contribution in [-0.4, -0.2) is 21.8 Å². The first-order valence-corrected chi connectivity index (χ1v) is 7.10. The maximum absolute atomic E-state index is 5.94. The van der Waals surface area contributed by atoms with Gasteiger partial charge in [-0.25, -0.2) is 0 Å². The van der Waals surface area contributed by atoms with Crippen LogP contribution in [0.2, 0.25) is 0 Å². The summed E-state index contributed by atoms with van der Waals surface area (Å²) in [5, 5.41) is 4.67. The van der Waals surface area contributed by atoms with Gasteiger partial charge in [0.25, 0.3) is 0 Å². The van der Waals surface area contributed by atoms with Gasteiger partial charge in [-0.2, -0.15) is 5.10 Å². The molecule has 2 N–H and O–H groups in total. The molecular weight excluding hydrogens is 250 g/mol. The van der Waals surface area contributed by atoms with Crippen LogP contribution < -0.4 is 10.6 Å². The van der Waals surface area contributed by atoms with Gasteiger partial charge in [-0.3, -0.25) is 9.67 Å². The lowest BCUT2D eigenvalue weighted by atomic mass is 10.2. The molecule has 0 bridgehead atoms. The third-order valence-electron chi connectivity index (χ3n) is 3.62. The molecule has 0 atom stereocenters. The van der Waals surface area contributed by atoms with Crippen LogP contribution in [0.4, 0.5) is 11.4 Å². The van der Waals surface area contributed by atoms with Gasteiger partial charge in [0.15, 0.2) is 0 Å². The summed E-state index contributed by atoms with van der Waals surface area (Å²) in [5.41, 5.74) is 8.67. The third kappa shape index (κ3) is 3.10. The van der Waals surface area contributed by atoms with E-state index in [1.807, 2.05) is 13.1 Å². The zero-order valence-electron chi connectivity index (χ0n) is 12.5. The van der Waals surface area contributed by atoms with E-state index in [9.17, 15) is 0 Å². The highest BCUT2D eigenvalue weighted by molar-refractivity contribution is 5.65. The molecule has 2 aromatic heterocycles. The highest BCUT2D eigenvalue weighted by atomic mass is 15.3. The van der Waals surface area contributed by atoms with Gasteiger partial charge < -0.3 is 10.6 Å². The maximum Gasteiger partial charge on any atom is 0.0817 e. The van der Waals surface area contributed by atoms with Crippen molar-refractivity contribution in [1.82, 2.24) is 14.8 Å². The lowest BCUT2D eigenvalue weighted by Crippen LogP contribution is -2.18. The second-order valence-electron chi connectivity index (χ2n) is 5.05. The Hall–Kier alpha value is -2.04. The zero-order chi connectivity index (χ0) is 14.5. The number of nitrogens with zero attached hydrogens (tertiary/aromatic N) is 4. The molecule has 2 rings (SSSR count). The lowest BCUT2D eigenvalue weighted by molar-refractivity contribution is 0.425. The van der Waals surface area contributed by atoms with Crippen LogP contribution in [0, 0.1) is 0 Å². The molecule has 0 aliphatic carbocycles. The lowest BCUT2D eigenvalue weighted by Gasteiger charge is -2.19. The first-order valence-electron chi connectivity index (χ1n) is 7.10. The van der Waals surface area contributed by atoms with Gasteiger partial charge in [-0.1, -0.05) is 13.8 Å². The average molecular weight is 273 g/mol. The van der Waals surface area contributed by atoms with E-state index < -0.39 is 0 Å². The Morgan fingerprint density at radius 2 is 2.05 bits per heavy atom. The molecule has 20 heavy (non-hydrogen) atoms. The Morgan fingerprint density at radius 3 is 2.70 bits per heavy atom. The van der Waals surface area contributed by atoms with E-state index in [0.717, 1.165) is 30.8 Å². The molecule has 0 aliphatic heterocycles. The van der Waals surface area contributed by atoms with Crippen LogP contribution in [0.5, 0.6) is 0 Å². The van der Waals surface area contributed by atoms with Crippen LogP contribution in [-0.2, 0) is 6.54 Å². The standard InChI is InChI=1S/C15H23N5/c1-4-13(5-2)20-9-7-12(18-20)11-19(3)15-6-8-17-10-14(15)16/h6-10,13H,4-5,11,16H2,1-3H3. The van der Waals surface area contributed by atoms with E-state index in [1.54, 1.807) is 12.4 Å². The molecule has 2 heterocycles. The molecule has 5 heteroatoms. The Bertz CT molecular complexity index is 545. The molecule has 0 amide bonds. The van der Waals surface area contributed by atoms with Crippen molar-refractivity contribution in [3.63, 3.8) is 0 Å². The van der Waals surface area contributed by atoms with Crippen LogP contribution >= 0.6 is 0 Å². The molecule has 0 unspecified atom stereocenters. The Morgan fingerprint density at radius 1 is 1.30 bits per heavy atom. The molecule has 0 saturated carbocycles. The van der Waals surface area contributed by atoms with E-state index in [-0.39, 0.29) is 0 Å². The molecule has 0 spiro atoms. The number of aromatic nitrogens is 3. The van der Waals surface area contributed by atoms with Gasteiger partial charge in [0, 0.05) is 19.4 Å². The summed E-state index contributed by atoms with van der Waals surface area (Å²) in [6, 6.07) is 4.49. The molecule has 108 valence electrons. The molecule has 0 fully saturated rings. The molecular formula is C15H23N5. The van der Waals surface area contributed by atoms with Crippen LogP contribution in [0.25, 0.3) is 0 Å². The highest BCUT2D eigenvalue weighted by Gasteiger charge is 2.10. The number of pyridine rings is 1. The Balaban J connectivity index is 2.09. The summed E-state index contributed by atoms with van der Waals surface area (Å²) in [4.78, 5) is 6.11. The van der Waals surface area contributed by atoms with E-state index in [4.69, 9.17) is 5.73 Å². The Kier molecular flexibility index (Phi) is 4.61. The van der Waals surface area contributed by atoms with Gasteiger partial charge in [-0.15, -0.1) is 0 Å².